The quantitative estimate of drug-likeness (QED) is 0.899. The van der Waals surface area contributed by atoms with Crippen molar-refractivity contribution in [2.24, 2.45) is 0 Å². The predicted molar refractivity (Wildman–Crippen MR) is 68.5 cm³/mol. The van der Waals surface area contributed by atoms with E-state index >= 15 is 0 Å². The number of hydrogen-bond donors (Lipinski definition) is 1. The Labute approximate surface area is 111 Å². The van der Waals surface area contributed by atoms with Gasteiger partial charge in [-0.2, -0.15) is 0 Å². The van der Waals surface area contributed by atoms with E-state index in [0.29, 0.717) is 31.9 Å². The average molecular weight is 267 g/mol. The van der Waals surface area contributed by atoms with Crippen molar-refractivity contribution < 1.29 is 19.0 Å². The number of carboxylic acid groups (broad SMARTS) is 1. The van der Waals surface area contributed by atoms with Crippen LogP contribution in [0, 0.1) is 5.82 Å². The van der Waals surface area contributed by atoms with E-state index in [2.05, 4.69) is 0 Å². The summed E-state index contributed by atoms with van der Waals surface area (Å²) in [5, 5.41) is 9.54. The molecule has 104 valence electrons. The normalized spacial score (nSPS) is 19.9. The average Bonchev–Trinajstić information content (AvgIpc) is 2.39. The number of aliphatic carboxylic acids is 1. The molecule has 0 radical (unpaired) electrons. The standard InChI is InChI=1S/C14H18FNO3/c1-14(13(17)18,16-5-7-19-8-6-16)10-11-3-2-4-12(15)9-11/h2-4,9H,5-8,10H2,1H3,(H,17,18). The monoisotopic (exact) mass is 267 g/mol. The molecule has 1 heterocycles. The molecule has 19 heavy (non-hydrogen) atoms. The summed E-state index contributed by atoms with van der Waals surface area (Å²) < 4.78 is 18.5. The van der Waals surface area contributed by atoms with Crippen molar-refractivity contribution in [1.82, 2.24) is 4.90 Å². The summed E-state index contributed by atoms with van der Waals surface area (Å²) >= 11 is 0. The highest BCUT2D eigenvalue weighted by atomic mass is 19.1. The summed E-state index contributed by atoms with van der Waals surface area (Å²) in [5.74, 6) is -1.23. The summed E-state index contributed by atoms with van der Waals surface area (Å²) in [7, 11) is 0. The number of benzene rings is 1. The van der Waals surface area contributed by atoms with Crippen LogP contribution in [0.1, 0.15) is 12.5 Å². The van der Waals surface area contributed by atoms with Crippen molar-refractivity contribution in [2.75, 3.05) is 26.3 Å². The van der Waals surface area contributed by atoms with E-state index in [9.17, 15) is 14.3 Å². The van der Waals surface area contributed by atoms with Gasteiger partial charge in [-0.1, -0.05) is 12.1 Å². The third-order valence-corrected chi connectivity index (χ3v) is 3.61. The van der Waals surface area contributed by atoms with Gasteiger partial charge in [0.15, 0.2) is 0 Å². The predicted octanol–water partition coefficient (Wildman–Crippen LogP) is 1.54. The maximum atomic E-state index is 13.2. The van der Waals surface area contributed by atoms with Crippen LogP contribution < -0.4 is 0 Å². The SMILES string of the molecule is CC(Cc1cccc(F)c1)(C(=O)O)N1CCOCC1. The second kappa shape index (κ2) is 5.67. The molecule has 1 aliphatic heterocycles. The number of rotatable bonds is 4. The molecule has 1 N–H and O–H groups in total. The van der Waals surface area contributed by atoms with Crippen LogP contribution in [0.2, 0.25) is 0 Å². The Kier molecular flexibility index (Phi) is 4.17. The molecular formula is C14H18FNO3. The number of halogens is 1. The first-order chi connectivity index (χ1) is 9.02. The molecule has 4 nitrogen and oxygen atoms in total. The molecular weight excluding hydrogens is 249 g/mol. The van der Waals surface area contributed by atoms with E-state index in [1.54, 1.807) is 19.1 Å². The molecule has 1 aliphatic rings. The van der Waals surface area contributed by atoms with Crippen LogP contribution in [-0.4, -0.2) is 47.8 Å². The molecule has 0 saturated carbocycles. The van der Waals surface area contributed by atoms with Crippen molar-refractivity contribution in [3.05, 3.63) is 35.6 Å². The number of morpholine rings is 1. The molecule has 0 bridgehead atoms. The molecule has 2 rings (SSSR count). The second-order valence-electron chi connectivity index (χ2n) is 4.99. The molecule has 1 aromatic carbocycles. The Morgan fingerprint density at radius 1 is 1.47 bits per heavy atom. The number of ether oxygens (including phenoxy) is 1. The van der Waals surface area contributed by atoms with E-state index in [1.165, 1.54) is 12.1 Å². The van der Waals surface area contributed by atoms with Crippen LogP contribution in [0.4, 0.5) is 4.39 Å². The largest absolute Gasteiger partial charge is 0.480 e. The summed E-state index contributed by atoms with van der Waals surface area (Å²) in [5.41, 5.74) is -0.339. The molecule has 0 aliphatic carbocycles. The lowest BCUT2D eigenvalue weighted by molar-refractivity contribution is -0.153. The van der Waals surface area contributed by atoms with Crippen LogP contribution in [0.25, 0.3) is 0 Å². The minimum absolute atomic E-state index is 0.278. The fraction of sp³-hybridized carbons (Fsp3) is 0.500. The highest BCUT2D eigenvalue weighted by Gasteiger charge is 2.40. The molecule has 0 spiro atoms. The van der Waals surface area contributed by atoms with Crippen molar-refractivity contribution >= 4 is 5.97 Å². The van der Waals surface area contributed by atoms with Gasteiger partial charge in [0.25, 0.3) is 0 Å². The van der Waals surface area contributed by atoms with E-state index < -0.39 is 11.5 Å². The summed E-state index contributed by atoms with van der Waals surface area (Å²) in [6.07, 6.45) is 0.278. The Bertz CT molecular complexity index is 460. The Hall–Kier alpha value is -1.46. The van der Waals surface area contributed by atoms with Gasteiger partial charge in [0.1, 0.15) is 11.4 Å². The van der Waals surface area contributed by atoms with E-state index in [4.69, 9.17) is 4.74 Å². The zero-order valence-corrected chi connectivity index (χ0v) is 10.9. The van der Waals surface area contributed by atoms with Gasteiger partial charge in [-0.3, -0.25) is 9.69 Å². The van der Waals surface area contributed by atoms with Crippen molar-refractivity contribution in [3.8, 4) is 0 Å². The van der Waals surface area contributed by atoms with Gasteiger partial charge in [0, 0.05) is 19.5 Å². The van der Waals surface area contributed by atoms with E-state index in [0.717, 1.165) is 0 Å². The molecule has 1 saturated heterocycles. The summed E-state index contributed by atoms with van der Waals surface area (Å²) in [6, 6.07) is 6.11. The summed E-state index contributed by atoms with van der Waals surface area (Å²) in [4.78, 5) is 13.5. The van der Waals surface area contributed by atoms with Gasteiger partial charge >= 0.3 is 5.97 Å². The number of nitrogens with zero attached hydrogens (tertiary/aromatic N) is 1. The number of hydrogen-bond acceptors (Lipinski definition) is 3. The van der Waals surface area contributed by atoms with Crippen molar-refractivity contribution in [1.29, 1.82) is 0 Å². The molecule has 5 heteroatoms. The third-order valence-electron chi connectivity index (χ3n) is 3.61. The van der Waals surface area contributed by atoms with Crippen LogP contribution in [0.15, 0.2) is 24.3 Å². The first-order valence-corrected chi connectivity index (χ1v) is 6.33. The lowest BCUT2D eigenvalue weighted by atomic mass is 9.90. The molecule has 0 amide bonds. The second-order valence-corrected chi connectivity index (χ2v) is 4.99. The highest BCUT2D eigenvalue weighted by Crippen LogP contribution is 2.23. The Morgan fingerprint density at radius 3 is 2.74 bits per heavy atom. The van der Waals surface area contributed by atoms with E-state index in [-0.39, 0.29) is 12.2 Å². The Balaban J connectivity index is 2.21. The number of carbonyl (C=O) groups is 1. The van der Waals surface area contributed by atoms with Gasteiger partial charge in [0.2, 0.25) is 0 Å². The lowest BCUT2D eigenvalue weighted by Crippen LogP contribution is -2.57. The molecule has 1 fully saturated rings. The maximum absolute atomic E-state index is 13.2. The lowest BCUT2D eigenvalue weighted by Gasteiger charge is -2.40. The zero-order chi connectivity index (χ0) is 13.9. The zero-order valence-electron chi connectivity index (χ0n) is 10.9. The van der Waals surface area contributed by atoms with Gasteiger partial charge in [-0.15, -0.1) is 0 Å². The van der Waals surface area contributed by atoms with Gasteiger partial charge in [0.05, 0.1) is 13.2 Å². The summed E-state index contributed by atoms with van der Waals surface area (Å²) in [6.45, 7) is 3.92. The Morgan fingerprint density at radius 2 is 2.16 bits per heavy atom. The van der Waals surface area contributed by atoms with Gasteiger partial charge in [-0.05, 0) is 24.6 Å². The highest BCUT2D eigenvalue weighted by molar-refractivity contribution is 5.78. The molecule has 1 unspecified atom stereocenters. The van der Waals surface area contributed by atoms with Crippen LogP contribution in [0.5, 0.6) is 0 Å². The minimum Gasteiger partial charge on any atom is -0.480 e. The van der Waals surface area contributed by atoms with Gasteiger partial charge < -0.3 is 9.84 Å². The molecule has 1 aromatic rings. The fourth-order valence-electron chi connectivity index (χ4n) is 2.42. The first kappa shape index (κ1) is 14.0. The maximum Gasteiger partial charge on any atom is 0.324 e. The van der Waals surface area contributed by atoms with Gasteiger partial charge in [-0.25, -0.2) is 4.39 Å². The third kappa shape index (κ3) is 3.11. The molecule has 1 atom stereocenters. The number of carboxylic acids is 1. The first-order valence-electron chi connectivity index (χ1n) is 6.33. The van der Waals surface area contributed by atoms with Crippen LogP contribution in [-0.2, 0) is 16.0 Å². The van der Waals surface area contributed by atoms with Crippen LogP contribution >= 0.6 is 0 Å². The smallest absolute Gasteiger partial charge is 0.324 e. The van der Waals surface area contributed by atoms with Crippen molar-refractivity contribution in [2.45, 2.75) is 18.9 Å². The minimum atomic E-state index is -1.03. The fourth-order valence-corrected chi connectivity index (χ4v) is 2.42. The topological polar surface area (TPSA) is 49.8 Å². The van der Waals surface area contributed by atoms with Crippen LogP contribution in [0.3, 0.4) is 0 Å². The molecule has 0 aromatic heterocycles. The van der Waals surface area contributed by atoms with E-state index in [1.807, 2.05) is 4.90 Å². The van der Waals surface area contributed by atoms with Crippen molar-refractivity contribution in [3.63, 3.8) is 0 Å².